The summed E-state index contributed by atoms with van der Waals surface area (Å²) >= 11 is 5.10. The number of carbonyl (C=O) groups excluding carboxylic acids is 1. The van der Waals surface area contributed by atoms with Gasteiger partial charge in [0.2, 0.25) is 0 Å². The van der Waals surface area contributed by atoms with Gasteiger partial charge in [0.25, 0.3) is 11.5 Å². The van der Waals surface area contributed by atoms with Gasteiger partial charge in [0.15, 0.2) is 0 Å². The second-order valence-corrected chi connectivity index (χ2v) is 12.1. The largest absolute Gasteiger partial charge is 0.349 e. The molecule has 0 fully saturated rings. The molecular weight excluding hydrogens is 574 g/mol. The number of halogens is 1. The van der Waals surface area contributed by atoms with E-state index in [4.69, 9.17) is 10.7 Å². The van der Waals surface area contributed by atoms with Gasteiger partial charge < -0.3 is 15.6 Å². The van der Waals surface area contributed by atoms with Crippen LogP contribution in [-0.2, 0) is 6.54 Å². The smallest absolute Gasteiger partial charge is 0.261 e. The van der Waals surface area contributed by atoms with Gasteiger partial charge in [-0.15, -0.1) is 11.3 Å². The zero-order valence-electron chi connectivity index (χ0n) is 22.3. The molecule has 5 rings (SSSR count). The zero-order valence-corrected chi connectivity index (χ0v) is 24.7. The Kier molecular flexibility index (Phi) is 8.02. The minimum atomic E-state index is -0.437. The third-order valence-corrected chi connectivity index (χ3v) is 8.27. The van der Waals surface area contributed by atoms with Crippen LogP contribution in [0.5, 0.6) is 0 Å². The SMILES string of the molecule is Cc1ccc(C(=O)N(CCCN)C(c2nc3cc4[nH]c(Br)cc4cc3c(=O)n2Cc2cccs2)C(C)C)cc1. The molecule has 3 aromatic heterocycles. The van der Waals surface area contributed by atoms with Crippen LogP contribution >= 0.6 is 27.3 Å². The average molecular weight is 607 g/mol. The van der Waals surface area contributed by atoms with Crippen LogP contribution in [0.25, 0.3) is 21.8 Å². The lowest BCUT2D eigenvalue weighted by Gasteiger charge is -2.35. The molecule has 1 unspecified atom stereocenters. The van der Waals surface area contributed by atoms with E-state index in [1.165, 1.54) is 0 Å². The first kappa shape index (κ1) is 27.3. The highest BCUT2D eigenvalue weighted by Crippen LogP contribution is 2.31. The number of rotatable bonds is 9. The number of nitrogens with one attached hydrogen (secondary N) is 1. The third kappa shape index (κ3) is 5.57. The summed E-state index contributed by atoms with van der Waals surface area (Å²) in [7, 11) is 0. The number of aryl methyl sites for hydroxylation is 1. The Hall–Kier alpha value is -3.27. The molecule has 5 aromatic rings. The predicted molar refractivity (Wildman–Crippen MR) is 162 cm³/mol. The number of carbonyl (C=O) groups is 1. The normalized spacial score (nSPS) is 12.5. The average Bonchev–Trinajstić information content (AvgIpc) is 3.55. The standard InChI is InChI=1S/C30H32BrN5O2S/c1-18(2)27(35(12-5-11-32)29(37)20-9-7-19(3)8-10-20)28-34-25-16-24-21(15-26(31)33-24)14-23(25)30(38)36(28)17-22-6-4-13-39-22/h4,6-10,13-16,18,27,33H,5,11-12,17,32H2,1-3H3. The van der Waals surface area contributed by atoms with Crippen molar-refractivity contribution in [2.75, 3.05) is 13.1 Å². The topological polar surface area (TPSA) is 97.0 Å². The maximum absolute atomic E-state index is 14.1. The number of aromatic amines is 1. The Morgan fingerprint density at radius 3 is 2.62 bits per heavy atom. The van der Waals surface area contributed by atoms with Gasteiger partial charge in [-0.25, -0.2) is 4.98 Å². The van der Waals surface area contributed by atoms with Crippen LogP contribution in [0, 0.1) is 12.8 Å². The first-order chi connectivity index (χ1) is 18.8. The molecular formula is C30H32BrN5O2S. The Bertz CT molecular complexity index is 1670. The summed E-state index contributed by atoms with van der Waals surface area (Å²) in [6.07, 6.45) is 0.640. The number of aromatic nitrogens is 3. The molecule has 0 aliphatic heterocycles. The number of thiophene rings is 1. The van der Waals surface area contributed by atoms with Crippen LogP contribution in [0.2, 0.25) is 0 Å². The molecule has 3 N–H and O–H groups in total. The van der Waals surface area contributed by atoms with E-state index in [1.54, 1.807) is 15.9 Å². The van der Waals surface area contributed by atoms with E-state index in [0.717, 1.165) is 25.9 Å². The van der Waals surface area contributed by atoms with Crippen molar-refractivity contribution in [3.8, 4) is 0 Å². The van der Waals surface area contributed by atoms with Crippen molar-refractivity contribution >= 4 is 55.0 Å². The summed E-state index contributed by atoms with van der Waals surface area (Å²) in [5.41, 5.74) is 8.98. The van der Waals surface area contributed by atoms with Gasteiger partial charge in [0, 0.05) is 27.9 Å². The number of hydrogen-bond donors (Lipinski definition) is 2. The summed E-state index contributed by atoms with van der Waals surface area (Å²) in [4.78, 5) is 39.4. The van der Waals surface area contributed by atoms with Crippen molar-refractivity contribution in [3.05, 3.63) is 96.8 Å². The molecule has 2 aromatic carbocycles. The monoisotopic (exact) mass is 605 g/mol. The Balaban J connectivity index is 1.73. The van der Waals surface area contributed by atoms with Gasteiger partial charge in [-0.05, 0) is 83.5 Å². The molecule has 0 spiro atoms. The molecule has 9 heteroatoms. The van der Waals surface area contributed by atoms with Gasteiger partial charge in [-0.2, -0.15) is 0 Å². The molecule has 1 atom stereocenters. The van der Waals surface area contributed by atoms with Gasteiger partial charge >= 0.3 is 0 Å². The molecule has 39 heavy (non-hydrogen) atoms. The van der Waals surface area contributed by atoms with E-state index in [1.807, 2.05) is 71.8 Å². The maximum Gasteiger partial charge on any atom is 0.261 e. The summed E-state index contributed by atoms with van der Waals surface area (Å²) in [5, 5.41) is 3.49. The lowest BCUT2D eigenvalue weighted by Crippen LogP contribution is -2.42. The molecule has 202 valence electrons. The number of fused-ring (bicyclic) bond motifs is 2. The minimum Gasteiger partial charge on any atom is -0.349 e. The van der Waals surface area contributed by atoms with Crippen LogP contribution in [0.15, 0.2) is 69.4 Å². The third-order valence-electron chi connectivity index (χ3n) is 6.98. The molecule has 1 amide bonds. The van der Waals surface area contributed by atoms with Gasteiger partial charge in [-0.3, -0.25) is 14.2 Å². The predicted octanol–water partition coefficient (Wildman–Crippen LogP) is 6.25. The molecule has 0 saturated heterocycles. The molecule has 7 nitrogen and oxygen atoms in total. The number of amides is 1. The fourth-order valence-electron chi connectivity index (χ4n) is 5.06. The number of benzene rings is 2. The van der Waals surface area contributed by atoms with Crippen molar-refractivity contribution in [1.82, 2.24) is 19.4 Å². The highest BCUT2D eigenvalue weighted by molar-refractivity contribution is 9.10. The summed E-state index contributed by atoms with van der Waals surface area (Å²) < 4.78 is 2.59. The second kappa shape index (κ2) is 11.5. The highest BCUT2D eigenvalue weighted by Gasteiger charge is 2.32. The number of nitrogens with zero attached hydrogens (tertiary/aromatic N) is 3. The van der Waals surface area contributed by atoms with E-state index in [-0.39, 0.29) is 17.4 Å². The molecule has 0 bridgehead atoms. The van der Waals surface area contributed by atoms with Crippen LogP contribution in [0.3, 0.4) is 0 Å². The Morgan fingerprint density at radius 1 is 1.18 bits per heavy atom. The van der Waals surface area contributed by atoms with Crippen LogP contribution in [0.4, 0.5) is 0 Å². The van der Waals surface area contributed by atoms with Crippen molar-refractivity contribution in [3.63, 3.8) is 0 Å². The highest BCUT2D eigenvalue weighted by atomic mass is 79.9. The van der Waals surface area contributed by atoms with Crippen LogP contribution in [-0.4, -0.2) is 38.4 Å². The lowest BCUT2D eigenvalue weighted by atomic mass is 9.98. The van der Waals surface area contributed by atoms with E-state index < -0.39 is 6.04 Å². The van der Waals surface area contributed by atoms with E-state index >= 15 is 0 Å². The fraction of sp³-hybridized carbons (Fsp3) is 0.300. The first-order valence-corrected chi connectivity index (χ1v) is 14.8. The van der Waals surface area contributed by atoms with Crippen molar-refractivity contribution in [2.45, 2.75) is 39.8 Å². The molecule has 0 aliphatic carbocycles. The molecule has 3 heterocycles. The van der Waals surface area contributed by atoms with E-state index in [2.05, 4.69) is 34.8 Å². The number of nitrogens with two attached hydrogens (primary N) is 1. The first-order valence-electron chi connectivity index (χ1n) is 13.1. The van der Waals surface area contributed by atoms with E-state index in [0.29, 0.717) is 48.3 Å². The summed E-state index contributed by atoms with van der Waals surface area (Å²) in [6, 6.07) is 16.9. The molecule has 0 radical (unpaired) electrons. The number of hydrogen-bond acceptors (Lipinski definition) is 5. The Morgan fingerprint density at radius 2 is 1.95 bits per heavy atom. The minimum absolute atomic E-state index is 0.0144. The van der Waals surface area contributed by atoms with Crippen LogP contribution in [0.1, 0.15) is 52.9 Å². The van der Waals surface area contributed by atoms with Crippen LogP contribution < -0.4 is 11.3 Å². The quantitative estimate of drug-likeness (QED) is 0.207. The van der Waals surface area contributed by atoms with Gasteiger partial charge in [0.1, 0.15) is 5.82 Å². The van der Waals surface area contributed by atoms with Crippen molar-refractivity contribution in [2.24, 2.45) is 11.7 Å². The van der Waals surface area contributed by atoms with Crippen molar-refractivity contribution < 1.29 is 4.79 Å². The van der Waals surface area contributed by atoms with Gasteiger partial charge in [-0.1, -0.05) is 37.6 Å². The zero-order chi connectivity index (χ0) is 27.7. The molecule has 0 aliphatic rings. The second-order valence-electron chi connectivity index (χ2n) is 10.2. The lowest BCUT2D eigenvalue weighted by molar-refractivity contribution is 0.0603. The maximum atomic E-state index is 14.1. The van der Waals surface area contributed by atoms with E-state index in [9.17, 15) is 9.59 Å². The summed E-state index contributed by atoms with van der Waals surface area (Å²) in [5.74, 6) is 0.473. The fourth-order valence-corrected chi connectivity index (χ4v) is 6.21. The molecule has 0 saturated carbocycles. The Labute approximate surface area is 239 Å². The summed E-state index contributed by atoms with van der Waals surface area (Å²) in [6.45, 7) is 7.44. The van der Waals surface area contributed by atoms with Gasteiger partial charge in [0.05, 0.1) is 28.1 Å². The number of H-pyrrole nitrogens is 1. The van der Waals surface area contributed by atoms with Crippen molar-refractivity contribution in [1.29, 1.82) is 0 Å².